The number of anilines is 1. The number of carbonyl (C=O) groups is 1. The van der Waals surface area contributed by atoms with Crippen molar-refractivity contribution in [1.29, 1.82) is 0 Å². The predicted octanol–water partition coefficient (Wildman–Crippen LogP) is 4.94. The van der Waals surface area contributed by atoms with Crippen LogP contribution >= 0.6 is 11.8 Å². The first-order chi connectivity index (χ1) is 16.9. The topological polar surface area (TPSA) is 76.9 Å². The number of nitrogens with zero attached hydrogens (tertiary/aromatic N) is 3. The maximum Gasteiger partial charge on any atom is 0.416 e. The summed E-state index contributed by atoms with van der Waals surface area (Å²) in [5.41, 5.74) is -1.81. The van der Waals surface area contributed by atoms with Crippen LogP contribution in [0.4, 0.5) is 32.0 Å². The first-order valence-corrected chi connectivity index (χ1v) is 11.6. The first-order valence-electron chi connectivity index (χ1n) is 10.7. The Balaban J connectivity index is 1.51. The number of benzene rings is 1. The molecule has 0 saturated carbocycles. The molecule has 0 saturated heterocycles. The molecule has 0 unspecified atom stereocenters. The van der Waals surface area contributed by atoms with Crippen LogP contribution in [-0.2, 0) is 36.5 Å². The highest BCUT2D eigenvalue weighted by Gasteiger charge is 2.37. The number of amides is 1. The van der Waals surface area contributed by atoms with Crippen molar-refractivity contribution in [2.75, 3.05) is 11.1 Å². The van der Waals surface area contributed by atoms with E-state index in [1.165, 1.54) is 0 Å². The van der Waals surface area contributed by atoms with Crippen molar-refractivity contribution in [1.82, 2.24) is 14.5 Å². The van der Waals surface area contributed by atoms with Gasteiger partial charge in [0.1, 0.15) is 5.03 Å². The molecule has 4 rings (SSSR count). The second-order valence-corrected chi connectivity index (χ2v) is 9.02. The lowest BCUT2D eigenvalue weighted by Crippen LogP contribution is -2.28. The number of thioether (sulfide) groups is 1. The van der Waals surface area contributed by atoms with E-state index >= 15 is 0 Å². The van der Waals surface area contributed by atoms with Crippen molar-refractivity contribution in [3.63, 3.8) is 0 Å². The summed E-state index contributed by atoms with van der Waals surface area (Å²) in [6.07, 6.45) is -4.77. The molecular weight excluding hydrogens is 510 g/mol. The Labute approximate surface area is 204 Å². The normalized spacial score (nSPS) is 13.5. The molecule has 1 N–H and O–H groups in total. The zero-order valence-corrected chi connectivity index (χ0v) is 19.2. The number of hydrogen-bond donors (Lipinski definition) is 1. The molecule has 0 aliphatic heterocycles. The van der Waals surface area contributed by atoms with Gasteiger partial charge in [-0.25, -0.2) is 4.79 Å². The smallest absolute Gasteiger partial charge is 0.325 e. The van der Waals surface area contributed by atoms with E-state index in [1.54, 1.807) is 23.0 Å². The molecule has 1 aliphatic rings. The van der Waals surface area contributed by atoms with Crippen LogP contribution in [0.5, 0.6) is 0 Å². The largest absolute Gasteiger partial charge is 0.416 e. The van der Waals surface area contributed by atoms with Crippen LogP contribution in [0, 0.1) is 0 Å². The standard InChI is InChI=1S/C23H18F6N4O2S/c24-22(25,26)14-7-15(23(27,28)29)9-16(8-14)31-19(34)12-36-20-17-4-1-5-18(17)33(21(35)32-20)11-13-3-2-6-30-10-13/h2-3,6-10H,1,4-5,11-12H2,(H,31,34). The van der Waals surface area contributed by atoms with E-state index in [0.29, 0.717) is 30.0 Å². The number of pyridine rings is 1. The van der Waals surface area contributed by atoms with Gasteiger partial charge in [0.25, 0.3) is 0 Å². The maximum atomic E-state index is 13.1. The molecule has 0 bridgehead atoms. The van der Waals surface area contributed by atoms with Crippen molar-refractivity contribution in [3.05, 3.63) is 81.2 Å². The summed E-state index contributed by atoms with van der Waals surface area (Å²) in [7, 11) is 0. The summed E-state index contributed by atoms with van der Waals surface area (Å²) in [5, 5.41) is 2.41. The number of halogens is 6. The molecule has 2 heterocycles. The summed E-state index contributed by atoms with van der Waals surface area (Å²) < 4.78 is 79.8. The molecule has 1 aromatic carbocycles. The summed E-state index contributed by atoms with van der Waals surface area (Å²) in [6.45, 7) is 0.282. The van der Waals surface area contributed by atoms with E-state index in [1.807, 2.05) is 6.07 Å². The van der Waals surface area contributed by atoms with Gasteiger partial charge in [0.2, 0.25) is 5.91 Å². The highest BCUT2D eigenvalue weighted by Crippen LogP contribution is 2.37. The van der Waals surface area contributed by atoms with Crippen LogP contribution in [0.2, 0.25) is 0 Å². The summed E-state index contributed by atoms with van der Waals surface area (Å²) in [6, 6.07) is 4.43. The number of hydrogen-bond acceptors (Lipinski definition) is 5. The van der Waals surface area contributed by atoms with Gasteiger partial charge in [-0.15, -0.1) is 0 Å². The molecular formula is C23H18F6N4O2S. The number of rotatable bonds is 6. The lowest BCUT2D eigenvalue weighted by Gasteiger charge is -2.15. The Morgan fingerprint density at radius 2 is 1.75 bits per heavy atom. The van der Waals surface area contributed by atoms with Crippen molar-refractivity contribution >= 4 is 23.4 Å². The van der Waals surface area contributed by atoms with Crippen LogP contribution in [-0.4, -0.2) is 26.2 Å². The van der Waals surface area contributed by atoms with Gasteiger partial charge in [0.15, 0.2) is 0 Å². The third kappa shape index (κ3) is 5.89. The molecule has 0 radical (unpaired) electrons. The first kappa shape index (κ1) is 25.7. The lowest BCUT2D eigenvalue weighted by molar-refractivity contribution is -0.143. The second-order valence-electron chi connectivity index (χ2n) is 8.06. The average molecular weight is 528 g/mol. The van der Waals surface area contributed by atoms with Gasteiger partial charge in [0, 0.05) is 29.3 Å². The zero-order valence-electron chi connectivity index (χ0n) is 18.4. The summed E-state index contributed by atoms with van der Waals surface area (Å²) in [5.74, 6) is -1.19. The van der Waals surface area contributed by atoms with Crippen molar-refractivity contribution < 1.29 is 31.1 Å². The van der Waals surface area contributed by atoms with Crippen molar-refractivity contribution in [2.24, 2.45) is 0 Å². The zero-order chi connectivity index (χ0) is 26.1. The fourth-order valence-electron chi connectivity index (χ4n) is 3.90. The quantitative estimate of drug-likeness (QED) is 0.279. The van der Waals surface area contributed by atoms with Gasteiger partial charge in [-0.1, -0.05) is 17.8 Å². The van der Waals surface area contributed by atoms with Gasteiger partial charge in [-0.2, -0.15) is 31.3 Å². The minimum Gasteiger partial charge on any atom is -0.325 e. The number of fused-ring (bicyclic) bond motifs is 1. The van der Waals surface area contributed by atoms with Crippen molar-refractivity contribution in [2.45, 2.75) is 43.2 Å². The molecule has 2 aromatic heterocycles. The van der Waals surface area contributed by atoms with Gasteiger partial charge in [-0.3, -0.25) is 14.3 Å². The van der Waals surface area contributed by atoms with E-state index in [9.17, 15) is 35.9 Å². The van der Waals surface area contributed by atoms with Crippen molar-refractivity contribution in [3.8, 4) is 0 Å². The third-order valence-corrected chi connectivity index (χ3v) is 6.49. The second kappa shape index (κ2) is 9.96. The SMILES string of the molecule is O=C(CSc1nc(=O)n(Cc2cccnc2)c2c1CCC2)Nc1cc(C(F)(F)F)cc(C(F)(F)F)c1. The van der Waals surface area contributed by atoms with Crippen LogP contribution in [0.3, 0.4) is 0 Å². The molecule has 3 aromatic rings. The molecule has 1 amide bonds. The number of nitrogens with one attached hydrogen (secondary N) is 1. The molecule has 0 fully saturated rings. The number of aromatic nitrogens is 3. The van der Waals surface area contributed by atoms with Gasteiger partial charge >= 0.3 is 18.0 Å². The van der Waals surface area contributed by atoms with Crippen LogP contribution in [0.25, 0.3) is 0 Å². The van der Waals surface area contributed by atoms with E-state index in [4.69, 9.17) is 0 Å². The fraction of sp³-hybridized carbons (Fsp3) is 0.304. The molecule has 0 spiro atoms. The van der Waals surface area contributed by atoms with Gasteiger partial charge in [-0.05, 0) is 49.1 Å². The third-order valence-electron chi connectivity index (χ3n) is 5.48. The monoisotopic (exact) mass is 528 g/mol. The minimum absolute atomic E-state index is 0.0157. The molecule has 36 heavy (non-hydrogen) atoms. The van der Waals surface area contributed by atoms with Crippen LogP contribution in [0.1, 0.15) is 34.4 Å². The van der Waals surface area contributed by atoms with E-state index in [2.05, 4.69) is 15.3 Å². The lowest BCUT2D eigenvalue weighted by atomic mass is 10.1. The Morgan fingerprint density at radius 1 is 1.06 bits per heavy atom. The number of carbonyl (C=O) groups excluding carboxylic acids is 1. The van der Waals surface area contributed by atoms with E-state index < -0.39 is 40.8 Å². The number of alkyl halides is 6. The van der Waals surface area contributed by atoms with E-state index in [0.717, 1.165) is 35.0 Å². The maximum absolute atomic E-state index is 13.1. The molecule has 13 heteroatoms. The molecule has 190 valence electrons. The van der Waals surface area contributed by atoms with Crippen LogP contribution < -0.4 is 11.0 Å². The van der Waals surface area contributed by atoms with Gasteiger partial charge < -0.3 is 5.32 Å². The van der Waals surface area contributed by atoms with Crippen LogP contribution in [0.15, 0.2) is 52.5 Å². The Hall–Kier alpha value is -3.35. The highest BCUT2D eigenvalue weighted by molar-refractivity contribution is 8.00. The minimum atomic E-state index is -5.03. The average Bonchev–Trinajstić information content (AvgIpc) is 3.29. The molecule has 6 nitrogen and oxygen atoms in total. The summed E-state index contributed by atoms with van der Waals surface area (Å²) in [4.78, 5) is 33.2. The Bertz CT molecular complexity index is 1310. The van der Waals surface area contributed by atoms with Gasteiger partial charge in [0.05, 0.1) is 23.4 Å². The molecule has 0 atom stereocenters. The highest BCUT2D eigenvalue weighted by atomic mass is 32.2. The molecule has 1 aliphatic carbocycles. The predicted molar refractivity (Wildman–Crippen MR) is 120 cm³/mol. The Morgan fingerprint density at radius 3 is 2.36 bits per heavy atom. The fourth-order valence-corrected chi connectivity index (χ4v) is 4.78. The summed E-state index contributed by atoms with van der Waals surface area (Å²) >= 11 is 0.909. The van der Waals surface area contributed by atoms with E-state index in [-0.39, 0.29) is 18.4 Å². The Kier molecular flexibility index (Phi) is 7.12.